The fourth-order valence-corrected chi connectivity index (χ4v) is 4.28. The average Bonchev–Trinajstić information content (AvgIpc) is 2.12. The van der Waals surface area contributed by atoms with Gasteiger partial charge < -0.3 is 4.52 Å². The largest absolute Gasteiger partial charge is 0.329 e. The highest BCUT2D eigenvalue weighted by molar-refractivity contribution is 7.59. The van der Waals surface area contributed by atoms with Gasteiger partial charge >= 0.3 is 0 Å². The van der Waals surface area contributed by atoms with E-state index in [1.807, 2.05) is 6.92 Å². The highest BCUT2D eigenvalue weighted by Gasteiger charge is 2.31. The first-order chi connectivity index (χ1) is 4.66. The fraction of sp³-hybridized carbons (Fsp3) is 1.00. The maximum atomic E-state index is 11.6. The highest BCUT2D eigenvalue weighted by atomic mass is 31.2. The SMILES string of the molecule is CCO[P@@]1(=O)CC[C@H](C)C1. The third kappa shape index (κ3) is 1.83. The van der Waals surface area contributed by atoms with E-state index in [-0.39, 0.29) is 0 Å². The molecule has 3 heteroatoms. The van der Waals surface area contributed by atoms with Gasteiger partial charge in [-0.15, -0.1) is 0 Å². The molecule has 0 spiro atoms. The quantitative estimate of drug-likeness (QED) is 0.582. The first-order valence-electron chi connectivity index (χ1n) is 3.89. The van der Waals surface area contributed by atoms with E-state index in [0.29, 0.717) is 12.5 Å². The normalized spacial score (nSPS) is 40.4. The maximum Gasteiger partial charge on any atom is 0.203 e. The molecule has 60 valence electrons. The third-order valence-corrected chi connectivity index (χ3v) is 4.76. The summed E-state index contributed by atoms with van der Waals surface area (Å²) in [5.41, 5.74) is 0. The summed E-state index contributed by atoms with van der Waals surface area (Å²) in [6.45, 7) is 4.64. The molecule has 1 heterocycles. The Balaban J connectivity index is 2.47. The van der Waals surface area contributed by atoms with Gasteiger partial charge in [0.25, 0.3) is 0 Å². The molecular weight excluding hydrogens is 147 g/mol. The van der Waals surface area contributed by atoms with E-state index in [2.05, 4.69) is 6.92 Å². The second-order valence-electron chi connectivity index (χ2n) is 3.03. The van der Waals surface area contributed by atoms with Crippen LogP contribution in [0.25, 0.3) is 0 Å². The molecule has 0 saturated carbocycles. The Hall–Kier alpha value is 0.190. The van der Waals surface area contributed by atoms with Gasteiger partial charge in [0, 0.05) is 12.3 Å². The summed E-state index contributed by atoms with van der Waals surface area (Å²) in [7, 11) is -2.13. The van der Waals surface area contributed by atoms with Gasteiger partial charge in [-0.3, -0.25) is 4.57 Å². The van der Waals surface area contributed by atoms with Crippen LogP contribution in [-0.2, 0) is 9.09 Å². The van der Waals surface area contributed by atoms with Crippen LogP contribution in [0.4, 0.5) is 0 Å². The van der Waals surface area contributed by atoms with E-state index in [0.717, 1.165) is 18.7 Å². The molecule has 0 unspecified atom stereocenters. The highest BCUT2D eigenvalue weighted by Crippen LogP contribution is 2.54. The molecule has 0 aromatic carbocycles. The Morgan fingerprint density at radius 2 is 2.40 bits per heavy atom. The fourth-order valence-electron chi connectivity index (χ4n) is 1.43. The van der Waals surface area contributed by atoms with Crippen LogP contribution in [0.15, 0.2) is 0 Å². The molecule has 0 N–H and O–H groups in total. The minimum atomic E-state index is -2.13. The van der Waals surface area contributed by atoms with E-state index in [1.54, 1.807) is 0 Å². The van der Waals surface area contributed by atoms with Crippen molar-refractivity contribution < 1.29 is 9.09 Å². The Kier molecular flexibility index (Phi) is 2.54. The minimum Gasteiger partial charge on any atom is -0.329 e. The van der Waals surface area contributed by atoms with E-state index in [9.17, 15) is 4.57 Å². The van der Waals surface area contributed by atoms with Crippen LogP contribution in [0, 0.1) is 5.92 Å². The zero-order valence-electron chi connectivity index (χ0n) is 6.67. The smallest absolute Gasteiger partial charge is 0.203 e. The first-order valence-corrected chi connectivity index (χ1v) is 5.88. The van der Waals surface area contributed by atoms with Gasteiger partial charge in [-0.25, -0.2) is 0 Å². The molecule has 10 heavy (non-hydrogen) atoms. The summed E-state index contributed by atoms with van der Waals surface area (Å²) in [5, 5.41) is 0. The predicted molar refractivity (Wildman–Crippen MR) is 42.7 cm³/mol. The van der Waals surface area contributed by atoms with Crippen molar-refractivity contribution in [2.75, 3.05) is 18.9 Å². The molecule has 1 fully saturated rings. The Bertz CT molecular complexity index is 150. The van der Waals surface area contributed by atoms with Crippen LogP contribution < -0.4 is 0 Å². The van der Waals surface area contributed by atoms with Crippen molar-refractivity contribution in [1.82, 2.24) is 0 Å². The molecular formula is C7H15O2P. The van der Waals surface area contributed by atoms with Crippen molar-refractivity contribution in [1.29, 1.82) is 0 Å². The average molecular weight is 162 g/mol. The molecule has 1 aliphatic rings. The molecule has 2 nitrogen and oxygen atoms in total. The van der Waals surface area contributed by atoms with Crippen LogP contribution in [-0.4, -0.2) is 18.9 Å². The molecule has 0 bridgehead atoms. The van der Waals surface area contributed by atoms with Gasteiger partial charge in [0.15, 0.2) is 0 Å². The molecule has 1 saturated heterocycles. The topological polar surface area (TPSA) is 26.3 Å². The van der Waals surface area contributed by atoms with Crippen molar-refractivity contribution in [3.8, 4) is 0 Å². The third-order valence-electron chi connectivity index (χ3n) is 1.92. The van der Waals surface area contributed by atoms with Gasteiger partial charge in [0.2, 0.25) is 7.37 Å². The van der Waals surface area contributed by atoms with Crippen molar-refractivity contribution >= 4 is 7.37 Å². The lowest BCUT2D eigenvalue weighted by atomic mass is 10.2. The number of hydrogen-bond acceptors (Lipinski definition) is 2. The maximum absolute atomic E-state index is 11.6. The monoisotopic (exact) mass is 162 g/mol. The number of hydrogen-bond donors (Lipinski definition) is 0. The van der Waals surface area contributed by atoms with Gasteiger partial charge in [0.05, 0.1) is 6.61 Å². The Morgan fingerprint density at radius 1 is 1.70 bits per heavy atom. The van der Waals surface area contributed by atoms with Crippen molar-refractivity contribution in [2.45, 2.75) is 20.3 Å². The van der Waals surface area contributed by atoms with Crippen LogP contribution in [0.1, 0.15) is 20.3 Å². The van der Waals surface area contributed by atoms with Crippen LogP contribution in [0.2, 0.25) is 0 Å². The summed E-state index contributed by atoms with van der Waals surface area (Å²) in [6.07, 6.45) is 2.69. The summed E-state index contributed by atoms with van der Waals surface area (Å²) in [6, 6.07) is 0. The van der Waals surface area contributed by atoms with Gasteiger partial charge in [-0.1, -0.05) is 6.92 Å². The second-order valence-corrected chi connectivity index (χ2v) is 5.73. The molecule has 0 radical (unpaired) electrons. The van der Waals surface area contributed by atoms with E-state index < -0.39 is 7.37 Å². The van der Waals surface area contributed by atoms with Gasteiger partial charge in [-0.2, -0.15) is 0 Å². The zero-order chi connectivity index (χ0) is 7.61. The lowest BCUT2D eigenvalue weighted by Crippen LogP contribution is -1.93. The van der Waals surface area contributed by atoms with E-state index >= 15 is 0 Å². The molecule has 1 aliphatic heterocycles. The Labute approximate surface area is 62.4 Å². The summed E-state index contributed by atoms with van der Waals surface area (Å²) < 4.78 is 16.8. The second kappa shape index (κ2) is 3.06. The molecule has 0 aliphatic carbocycles. The summed E-state index contributed by atoms with van der Waals surface area (Å²) in [4.78, 5) is 0. The van der Waals surface area contributed by atoms with Crippen LogP contribution >= 0.6 is 7.37 Å². The standard InChI is InChI=1S/C7H15O2P/c1-3-9-10(8)5-4-7(2)6-10/h7H,3-6H2,1-2H3/t7-,10-/m0/s1. The molecule has 1 rings (SSSR count). The summed E-state index contributed by atoms with van der Waals surface area (Å²) in [5.74, 6) is 0.609. The number of rotatable bonds is 2. The minimum absolute atomic E-state index is 0.601. The van der Waals surface area contributed by atoms with Crippen molar-refractivity contribution in [3.63, 3.8) is 0 Å². The van der Waals surface area contributed by atoms with Crippen LogP contribution in [0.3, 0.4) is 0 Å². The predicted octanol–water partition coefficient (Wildman–Crippen LogP) is 2.34. The zero-order valence-corrected chi connectivity index (χ0v) is 7.56. The molecule has 0 amide bonds. The van der Waals surface area contributed by atoms with E-state index in [1.165, 1.54) is 0 Å². The van der Waals surface area contributed by atoms with Gasteiger partial charge in [-0.05, 0) is 19.3 Å². The lowest BCUT2D eigenvalue weighted by Gasteiger charge is -2.09. The van der Waals surface area contributed by atoms with Crippen molar-refractivity contribution in [2.24, 2.45) is 5.92 Å². The molecule has 0 aromatic rings. The first kappa shape index (κ1) is 8.29. The molecule has 2 atom stereocenters. The van der Waals surface area contributed by atoms with Gasteiger partial charge in [0.1, 0.15) is 0 Å². The van der Waals surface area contributed by atoms with Crippen molar-refractivity contribution in [3.05, 3.63) is 0 Å². The Morgan fingerprint density at radius 3 is 2.80 bits per heavy atom. The summed E-state index contributed by atoms with van der Waals surface area (Å²) >= 11 is 0. The lowest BCUT2D eigenvalue weighted by molar-refractivity contribution is 0.336. The van der Waals surface area contributed by atoms with Crippen LogP contribution in [0.5, 0.6) is 0 Å². The van der Waals surface area contributed by atoms with E-state index in [4.69, 9.17) is 4.52 Å². The molecule has 0 aromatic heterocycles.